The Balaban J connectivity index is 1.51. The topological polar surface area (TPSA) is 46.8 Å². The van der Waals surface area contributed by atoms with Crippen molar-refractivity contribution in [1.29, 1.82) is 0 Å². The quantitative estimate of drug-likeness (QED) is 0.858. The van der Waals surface area contributed by atoms with Crippen LogP contribution in [0.2, 0.25) is 0 Å². The van der Waals surface area contributed by atoms with Crippen LogP contribution in [0.4, 0.5) is 5.82 Å². The molecular weight excluding hydrogens is 250 g/mol. The lowest BCUT2D eigenvalue weighted by Crippen LogP contribution is -2.22. The summed E-state index contributed by atoms with van der Waals surface area (Å²) in [6, 6.07) is 2.49. The summed E-state index contributed by atoms with van der Waals surface area (Å²) in [5, 5.41) is 4.44. The average molecular weight is 269 g/mol. The van der Waals surface area contributed by atoms with E-state index in [-0.39, 0.29) is 0 Å². The fourth-order valence-corrected chi connectivity index (χ4v) is 2.88. The zero-order valence-electron chi connectivity index (χ0n) is 11.7. The van der Waals surface area contributed by atoms with Gasteiger partial charge in [-0.1, -0.05) is 0 Å². The van der Waals surface area contributed by atoms with Crippen molar-refractivity contribution in [1.82, 2.24) is 19.7 Å². The van der Waals surface area contributed by atoms with E-state index in [1.54, 1.807) is 0 Å². The zero-order chi connectivity index (χ0) is 13.5. The summed E-state index contributed by atoms with van der Waals surface area (Å²) >= 11 is 0. The first-order valence-electron chi connectivity index (χ1n) is 7.38. The van der Waals surface area contributed by atoms with Crippen molar-refractivity contribution >= 4 is 5.82 Å². The van der Waals surface area contributed by atoms with Gasteiger partial charge in [-0.2, -0.15) is 5.10 Å². The fourth-order valence-electron chi connectivity index (χ4n) is 2.88. The van der Waals surface area contributed by atoms with E-state index in [1.807, 2.05) is 18.5 Å². The molecule has 1 saturated carbocycles. The average Bonchev–Trinajstić information content (AvgIpc) is 3.04. The van der Waals surface area contributed by atoms with Gasteiger partial charge in [-0.15, -0.1) is 0 Å². The van der Waals surface area contributed by atoms with Crippen LogP contribution in [-0.2, 0) is 0 Å². The highest BCUT2D eigenvalue weighted by atomic mass is 15.3. The van der Waals surface area contributed by atoms with E-state index in [1.165, 1.54) is 18.4 Å². The van der Waals surface area contributed by atoms with Gasteiger partial charge in [0.05, 0.1) is 12.2 Å². The molecular formula is C15H19N5. The fraction of sp³-hybridized carbons (Fsp3) is 0.533. The predicted molar refractivity (Wildman–Crippen MR) is 76.8 cm³/mol. The molecule has 104 valence electrons. The van der Waals surface area contributed by atoms with Crippen LogP contribution in [0.5, 0.6) is 0 Å². The summed E-state index contributed by atoms with van der Waals surface area (Å²) in [5.74, 6) is 2.72. The van der Waals surface area contributed by atoms with Crippen LogP contribution in [0.1, 0.15) is 42.6 Å². The molecule has 3 heterocycles. The molecule has 1 atom stereocenters. The normalized spacial score (nSPS) is 22.4. The van der Waals surface area contributed by atoms with Gasteiger partial charge in [-0.05, 0) is 37.8 Å². The standard InChI is InChI=1S/C15H19N5/c1-11-8-17-20(9-11)13-5-7-19(10-13)14-4-6-16-15(18-14)12-2-3-12/h4,6,8-9,12-13H,2-3,5,7,10H2,1H3. The van der Waals surface area contributed by atoms with E-state index in [0.717, 1.165) is 31.2 Å². The molecule has 20 heavy (non-hydrogen) atoms. The Morgan fingerprint density at radius 3 is 2.90 bits per heavy atom. The van der Waals surface area contributed by atoms with Gasteiger partial charge in [0, 0.05) is 31.4 Å². The molecule has 0 aromatic carbocycles. The second-order valence-electron chi connectivity index (χ2n) is 5.93. The van der Waals surface area contributed by atoms with Crippen molar-refractivity contribution in [2.45, 2.75) is 38.1 Å². The number of aromatic nitrogens is 4. The van der Waals surface area contributed by atoms with Gasteiger partial charge in [-0.3, -0.25) is 4.68 Å². The van der Waals surface area contributed by atoms with Crippen LogP contribution >= 0.6 is 0 Å². The second-order valence-corrected chi connectivity index (χ2v) is 5.93. The molecule has 0 radical (unpaired) electrons. The SMILES string of the molecule is Cc1cnn(C2CCN(c3ccnc(C4CC4)n3)C2)c1. The van der Waals surface area contributed by atoms with Crippen LogP contribution in [0.25, 0.3) is 0 Å². The third-order valence-corrected chi connectivity index (χ3v) is 4.19. The summed E-state index contributed by atoms with van der Waals surface area (Å²) in [7, 11) is 0. The lowest BCUT2D eigenvalue weighted by Gasteiger charge is -2.18. The third kappa shape index (κ3) is 2.17. The Morgan fingerprint density at radius 1 is 1.25 bits per heavy atom. The zero-order valence-corrected chi connectivity index (χ0v) is 11.7. The van der Waals surface area contributed by atoms with Crippen LogP contribution in [-0.4, -0.2) is 32.8 Å². The predicted octanol–water partition coefficient (Wildman–Crippen LogP) is 2.31. The molecule has 0 amide bonds. The summed E-state index contributed by atoms with van der Waals surface area (Å²) in [4.78, 5) is 11.5. The maximum absolute atomic E-state index is 4.74. The Labute approximate surface area is 118 Å². The number of hydrogen-bond donors (Lipinski definition) is 0. The maximum atomic E-state index is 4.74. The highest BCUT2D eigenvalue weighted by molar-refractivity contribution is 5.39. The lowest BCUT2D eigenvalue weighted by molar-refractivity contribution is 0.494. The molecule has 0 N–H and O–H groups in total. The van der Waals surface area contributed by atoms with Crippen molar-refractivity contribution in [3.63, 3.8) is 0 Å². The number of nitrogens with zero attached hydrogens (tertiary/aromatic N) is 5. The maximum Gasteiger partial charge on any atom is 0.133 e. The van der Waals surface area contributed by atoms with Crippen molar-refractivity contribution in [3.8, 4) is 0 Å². The highest BCUT2D eigenvalue weighted by Crippen LogP contribution is 2.38. The highest BCUT2D eigenvalue weighted by Gasteiger charge is 2.29. The molecule has 1 unspecified atom stereocenters. The number of hydrogen-bond acceptors (Lipinski definition) is 4. The van der Waals surface area contributed by atoms with Crippen molar-refractivity contribution in [3.05, 3.63) is 36.0 Å². The third-order valence-electron chi connectivity index (χ3n) is 4.19. The van der Waals surface area contributed by atoms with Crippen LogP contribution in [0.15, 0.2) is 24.7 Å². The lowest BCUT2D eigenvalue weighted by atomic mass is 10.3. The minimum Gasteiger partial charge on any atom is -0.354 e. The van der Waals surface area contributed by atoms with Crippen LogP contribution in [0.3, 0.4) is 0 Å². The summed E-state index contributed by atoms with van der Waals surface area (Å²) in [6.07, 6.45) is 9.59. The number of aryl methyl sites for hydroxylation is 1. The van der Waals surface area contributed by atoms with Gasteiger partial charge in [0.1, 0.15) is 11.6 Å². The monoisotopic (exact) mass is 269 g/mol. The molecule has 1 aliphatic carbocycles. The van der Waals surface area contributed by atoms with Gasteiger partial charge >= 0.3 is 0 Å². The molecule has 1 saturated heterocycles. The van der Waals surface area contributed by atoms with E-state index in [2.05, 4.69) is 32.8 Å². The van der Waals surface area contributed by atoms with E-state index in [0.29, 0.717) is 12.0 Å². The van der Waals surface area contributed by atoms with E-state index in [9.17, 15) is 0 Å². The summed E-state index contributed by atoms with van der Waals surface area (Å²) in [5.41, 5.74) is 1.22. The molecule has 2 aromatic rings. The van der Waals surface area contributed by atoms with Gasteiger partial charge in [-0.25, -0.2) is 9.97 Å². The molecule has 2 aliphatic rings. The molecule has 5 nitrogen and oxygen atoms in total. The van der Waals surface area contributed by atoms with Crippen LogP contribution in [0, 0.1) is 6.92 Å². The summed E-state index contributed by atoms with van der Waals surface area (Å²) < 4.78 is 2.10. The molecule has 0 spiro atoms. The van der Waals surface area contributed by atoms with E-state index >= 15 is 0 Å². The molecule has 1 aliphatic heterocycles. The van der Waals surface area contributed by atoms with Gasteiger partial charge in [0.25, 0.3) is 0 Å². The minimum absolute atomic E-state index is 0.461. The van der Waals surface area contributed by atoms with Crippen molar-refractivity contribution in [2.75, 3.05) is 18.0 Å². The molecule has 0 bridgehead atoms. The molecule has 2 aromatic heterocycles. The summed E-state index contributed by atoms with van der Waals surface area (Å²) in [6.45, 7) is 4.12. The van der Waals surface area contributed by atoms with E-state index < -0.39 is 0 Å². The Hall–Kier alpha value is -1.91. The van der Waals surface area contributed by atoms with Gasteiger partial charge < -0.3 is 4.90 Å². The Morgan fingerprint density at radius 2 is 2.15 bits per heavy atom. The van der Waals surface area contributed by atoms with Crippen LogP contribution < -0.4 is 4.90 Å². The number of anilines is 1. The van der Waals surface area contributed by atoms with Crippen molar-refractivity contribution in [2.24, 2.45) is 0 Å². The molecule has 2 fully saturated rings. The molecule has 4 rings (SSSR count). The Kier molecular flexibility index (Phi) is 2.72. The first kappa shape index (κ1) is 11.9. The first-order valence-corrected chi connectivity index (χ1v) is 7.38. The first-order chi connectivity index (χ1) is 9.79. The minimum atomic E-state index is 0.461. The van der Waals surface area contributed by atoms with Gasteiger partial charge in [0.15, 0.2) is 0 Å². The number of rotatable bonds is 3. The largest absolute Gasteiger partial charge is 0.354 e. The molecule has 5 heteroatoms. The Bertz CT molecular complexity index is 616. The smallest absolute Gasteiger partial charge is 0.133 e. The second kappa shape index (κ2) is 4.58. The van der Waals surface area contributed by atoms with Gasteiger partial charge in [0.2, 0.25) is 0 Å². The van der Waals surface area contributed by atoms with Crippen molar-refractivity contribution < 1.29 is 0 Å². The van der Waals surface area contributed by atoms with E-state index in [4.69, 9.17) is 4.98 Å².